The van der Waals surface area contributed by atoms with Crippen molar-refractivity contribution in [2.45, 2.75) is 49.6 Å². The molecule has 0 aliphatic heterocycles. The summed E-state index contributed by atoms with van der Waals surface area (Å²) in [6.45, 7) is 2.21. The van der Waals surface area contributed by atoms with Gasteiger partial charge in [-0.15, -0.1) is 21.5 Å². The Labute approximate surface area is 201 Å². The van der Waals surface area contributed by atoms with Crippen molar-refractivity contribution in [2.24, 2.45) is 18.7 Å². The maximum absolute atomic E-state index is 12.7. The van der Waals surface area contributed by atoms with Gasteiger partial charge in [-0.25, -0.2) is 0 Å². The molecule has 1 saturated carbocycles. The fourth-order valence-electron chi connectivity index (χ4n) is 4.72. The van der Waals surface area contributed by atoms with E-state index in [1.165, 1.54) is 33.5 Å². The molecule has 1 aromatic carbocycles. The van der Waals surface area contributed by atoms with Gasteiger partial charge in [0.15, 0.2) is 5.16 Å². The zero-order valence-corrected chi connectivity index (χ0v) is 20.3. The van der Waals surface area contributed by atoms with Crippen LogP contribution in [-0.4, -0.2) is 32.3 Å². The van der Waals surface area contributed by atoms with Gasteiger partial charge in [-0.1, -0.05) is 49.0 Å². The van der Waals surface area contributed by atoms with Crippen LogP contribution in [0.15, 0.2) is 35.5 Å². The van der Waals surface area contributed by atoms with E-state index in [4.69, 9.17) is 5.73 Å². The van der Waals surface area contributed by atoms with Gasteiger partial charge in [0.2, 0.25) is 5.91 Å². The molecule has 2 aliphatic rings. The van der Waals surface area contributed by atoms with E-state index in [1.54, 1.807) is 0 Å². The van der Waals surface area contributed by atoms with Crippen LogP contribution >= 0.6 is 23.1 Å². The van der Waals surface area contributed by atoms with Crippen molar-refractivity contribution in [1.29, 1.82) is 0 Å². The van der Waals surface area contributed by atoms with Crippen molar-refractivity contribution in [2.75, 3.05) is 11.1 Å². The molecule has 172 valence electrons. The first-order valence-electron chi connectivity index (χ1n) is 11.2. The first-order chi connectivity index (χ1) is 15.9. The van der Waals surface area contributed by atoms with Crippen molar-refractivity contribution >= 4 is 39.9 Å². The van der Waals surface area contributed by atoms with Gasteiger partial charge < -0.3 is 15.6 Å². The highest BCUT2D eigenvalue weighted by Crippen LogP contribution is 2.54. The SMILES string of the molecule is CC1CCc2c(sc(NC(=O)CSc3nnc(C4CC4c4ccccc4)n3C)c2C(N)=O)C1. The predicted octanol–water partition coefficient (Wildman–Crippen LogP) is 4.10. The van der Waals surface area contributed by atoms with Crippen molar-refractivity contribution in [3.8, 4) is 0 Å². The molecule has 2 amide bonds. The van der Waals surface area contributed by atoms with Gasteiger partial charge in [0.1, 0.15) is 10.8 Å². The highest BCUT2D eigenvalue weighted by Gasteiger charge is 2.43. The van der Waals surface area contributed by atoms with E-state index in [1.807, 2.05) is 17.7 Å². The molecule has 9 heteroatoms. The predicted molar refractivity (Wildman–Crippen MR) is 131 cm³/mol. The number of nitrogens with two attached hydrogens (primary N) is 1. The monoisotopic (exact) mass is 481 g/mol. The van der Waals surface area contributed by atoms with E-state index >= 15 is 0 Å². The lowest BCUT2D eigenvalue weighted by molar-refractivity contribution is -0.113. The average molecular weight is 482 g/mol. The smallest absolute Gasteiger partial charge is 0.251 e. The van der Waals surface area contributed by atoms with Crippen molar-refractivity contribution < 1.29 is 9.59 Å². The maximum atomic E-state index is 12.7. The average Bonchev–Trinajstić information content (AvgIpc) is 3.38. The zero-order valence-electron chi connectivity index (χ0n) is 18.7. The van der Waals surface area contributed by atoms with E-state index in [-0.39, 0.29) is 11.7 Å². The third-order valence-corrected chi connectivity index (χ3v) is 8.75. The summed E-state index contributed by atoms with van der Waals surface area (Å²) in [5.74, 6) is 1.93. The molecular weight excluding hydrogens is 454 g/mol. The van der Waals surface area contributed by atoms with Gasteiger partial charge >= 0.3 is 0 Å². The number of thioether (sulfide) groups is 1. The summed E-state index contributed by atoms with van der Waals surface area (Å²) in [6, 6.07) is 10.5. The maximum Gasteiger partial charge on any atom is 0.251 e. The molecular formula is C24H27N5O2S2. The highest BCUT2D eigenvalue weighted by atomic mass is 32.2. The number of carbonyl (C=O) groups excluding carboxylic acids is 2. The van der Waals surface area contributed by atoms with Crippen LogP contribution in [0.2, 0.25) is 0 Å². The van der Waals surface area contributed by atoms with Crippen LogP contribution in [-0.2, 0) is 24.7 Å². The van der Waals surface area contributed by atoms with Crippen LogP contribution in [0.1, 0.15) is 63.8 Å². The summed E-state index contributed by atoms with van der Waals surface area (Å²) in [5, 5.41) is 12.9. The van der Waals surface area contributed by atoms with Gasteiger partial charge in [0.25, 0.3) is 5.91 Å². The molecule has 0 spiro atoms. The van der Waals surface area contributed by atoms with Crippen LogP contribution < -0.4 is 11.1 Å². The molecule has 3 N–H and O–H groups in total. The Morgan fingerprint density at radius 1 is 1.24 bits per heavy atom. The van der Waals surface area contributed by atoms with Gasteiger partial charge in [-0.2, -0.15) is 0 Å². The van der Waals surface area contributed by atoms with Gasteiger partial charge in [0, 0.05) is 17.8 Å². The second kappa shape index (κ2) is 8.95. The van der Waals surface area contributed by atoms with Crippen LogP contribution in [0.4, 0.5) is 5.00 Å². The molecule has 3 aromatic rings. The highest BCUT2D eigenvalue weighted by molar-refractivity contribution is 7.99. The molecule has 3 atom stereocenters. The van der Waals surface area contributed by atoms with Gasteiger partial charge in [-0.05, 0) is 48.6 Å². The van der Waals surface area contributed by atoms with E-state index in [0.29, 0.717) is 33.5 Å². The molecule has 7 nitrogen and oxygen atoms in total. The number of thiophene rings is 1. The Kier molecular flexibility index (Phi) is 6.01. The summed E-state index contributed by atoms with van der Waals surface area (Å²) in [4.78, 5) is 26.0. The summed E-state index contributed by atoms with van der Waals surface area (Å²) >= 11 is 2.84. The standard InChI is InChI=1S/C24H27N5O2S2/c1-13-8-9-15-18(10-13)33-23(20(15)21(25)31)26-19(30)12-32-24-28-27-22(29(24)2)17-11-16(17)14-6-4-3-5-7-14/h3-7,13,16-17H,8-12H2,1-2H3,(H2,25,31)(H,26,30). The lowest BCUT2D eigenvalue weighted by Gasteiger charge is -2.18. The number of aromatic nitrogens is 3. The molecule has 5 rings (SSSR count). The molecule has 33 heavy (non-hydrogen) atoms. The Morgan fingerprint density at radius 3 is 2.79 bits per heavy atom. The molecule has 2 aromatic heterocycles. The minimum atomic E-state index is -0.472. The Bertz CT molecular complexity index is 1200. The largest absolute Gasteiger partial charge is 0.365 e. The second-order valence-corrected chi connectivity index (χ2v) is 11.1. The van der Waals surface area contributed by atoms with Crippen molar-refractivity contribution in [1.82, 2.24) is 14.8 Å². The normalized spacial score (nSPS) is 21.5. The van der Waals surface area contributed by atoms with Crippen molar-refractivity contribution in [3.63, 3.8) is 0 Å². The lowest BCUT2D eigenvalue weighted by Crippen LogP contribution is -2.20. The molecule has 3 unspecified atom stereocenters. The Balaban J connectivity index is 1.23. The first-order valence-corrected chi connectivity index (χ1v) is 13.0. The van der Waals surface area contributed by atoms with Crippen LogP contribution in [0.5, 0.6) is 0 Å². The minimum absolute atomic E-state index is 0.174. The number of primary amides is 1. The number of fused-ring (bicyclic) bond motifs is 1. The number of rotatable bonds is 7. The van der Waals surface area contributed by atoms with E-state index in [0.717, 1.165) is 37.1 Å². The fraction of sp³-hybridized carbons (Fsp3) is 0.417. The zero-order chi connectivity index (χ0) is 23.1. The summed E-state index contributed by atoms with van der Waals surface area (Å²) in [5.41, 5.74) is 8.49. The molecule has 0 bridgehead atoms. The van der Waals surface area contributed by atoms with E-state index < -0.39 is 5.91 Å². The topological polar surface area (TPSA) is 103 Å². The number of hydrogen-bond acceptors (Lipinski definition) is 6. The molecule has 2 aliphatic carbocycles. The summed E-state index contributed by atoms with van der Waals surface area (Å²) in [7, 11) is 1.95. The van der Waals surface area contributed by atoms with Gasteiger partial charge in [0.05, 0.1) is 11.3 Å². The third-order valence-electron chi connectivity index (χ3n) is 6.56. The number of amides is 2. The number of nitrogens with zero attached hydrogens (tertiary/aromatic N) is 3. The number of anilines is 1. The number of hydrogen-bond donors (Lipinski definition) is 2. The van der Waals surface area contributed by atoms with E-state index in [2.05, 4.69) is 46.7 Å². The van der Waals surface area contributed by atoms with Crippen LogP contribution in [0.25, 0.3) is 0 Å². The van der Waals surface area contributed by atoms with Crippen molar-refractivity contribution in [3.05, 3.63) is 57.7 Å². The molecule has 1 fully saturated rings. The summed E-state index contributed by atoms with van der Waals surface area (Å²) < 4.78 is 1.99. The first kappa shape index (κ1) is 22.2. The fourth-order valence-corrected chi connectivity index (χ4v) is 6.87. The quantitative estimate of drug-likeness (QED) is 0.495. The second-order valence-electron chi connectivity index (χ2n) is 9.02. The Morgan fingerprint density at radius 2 is 2.03 bits per heavy atom. The Hall–Kier alpha value is -2.65. The van der Waals surface area contributed by atoms with Gasteiger partial charge in [-0.3, -0.25) is 9.59 Å². The number of nitrogens with one attached hydrogen (secondary N) is 1. The molecule has 2 heterocycles. The summed E-state index contributed by atoms with van der Waals surface area (Å²) in [6.07, 6.45) is 3.87. The lowest BCUT2D eigenvalue weighted by atomic mass is 9.88. The third kappa shape index (κ3) is 4.44. The molecule has 0 radical (unpaired) electrons. The number of benzene rings is 1. The number of carbonyl (C=O) groups is 2. The minimum Gasteiger partial charge on any atom is -0.365 e. The van der Waals surface area contributed by atoms with E-state index in [9.17, 15) is 9.59 Å². The van der Waals surface area contributed by atoms with Crippen LogP contribution in [0.3, 0.4) is 0 Å². The van der Waals surface area contributed by atoms with Crippen LogP contribution in [0, 0.1) is 5.92 Å². The molecule has 0 saturated heterocycles.